The van der Waals surface area contributed by atoms with Crippen LogP contribution in [0.5, 0.6) is 5.75 Å². The van der Waals surface area contributed by atoms with Crippen molar-refractivity contribution in [1.82, 2.24) is 15.5 Å². The Kier molecular flexibility index (Phi) is 10.7. The Morgan fingerprint density at radius 2 is 1.75 bits per heavy atom. The molecule has 1 aromatic carbocycles. The lowest BCUT2D eigenvalue weighted by Crippen LogP contribution is -2.58. The molecule has 1 heterocycles. The van der Waals surface area contributed by atoms with Crippen molar-refractivity contribution in [1.29, 1.82) is 0 Å². The van der Waals surface area contributed by atoms with E-state index in [4.69, 9.17) is 5.73 Å². The van der Waals surface area contributed by atoms with Gasteiger partial charge in [-0.15, -0.1) is 0 Å². The number of aliphatic carboxylic acids is 1. The molecule has 1 aromatic rings. The summed E-state index contributed by atoms with van der Waals surface area (Å²) in [6.07, 6.45) is 2.14. The van der Waals surface area contributed by atoms with Crippen LogP contribution in [0, 0.1) is 11.8 Å². The van der Waals surface area contributed by atoms with E-state index in [0.717, 1.165) is 0 Å². The molecule has 0 saturated carbocycles. The zero-order chi connectivity index (χ0) is 27.0. The third kappa shape index (κ3) is 7.94. The number of nitrogens with two attached hydrogens (primary N) is 1. The molecular formula is C26H40N4O6. The first-order valence-electron chi connectivity index (χ1n) is 12.6. The van der Waals surface area contributed by atoms with Gasteiger partial charge in [-0.05, 0) is 48.8 Å². The number of carboxylic acids is 1. The second-order valence-electron chi connectivity index (χ2n) is 10.1. The van der Waals surface area contributed by atoms with Crippen molar-refractivity contribution in [2.45, 2.75) is 84.0 Å². The molecule has 2 rings (SSSR count). The molecule has 0 spiro atoms. The monoisotopic (exact) mass is 504 g/mol. The summed E-state index contributed by atoms with van der Waals surface area (Å²) in [5.74, 6) is -2.41. The number of benzene rings is 1. The molecule has 6 N–H and O–H groups in total. The lowest BCUT2D eigenvalue weighted by atomic mass is 9.96. The number of hydrogen-bond acceptors (Lipinski definition) is 6. The molecule has 0 bridgehead atoms. The topological polar surface area (TPSA) is 162 Å². The number of phenolic OH excluding ortho intramolecular Hbond substituents is 1. The van der Waals surface area contributed by atoms with E-state index in [0.29, 0.717) is 37.8 Å². The van der Waals surface area contributed by atoms with Gasteiger partial charge < -0.3 is 31.5 Å². The summed E-state index contributed by atoms with van der Waals surface area (Å²) >= 11 is 0. The quantitative estimate of drug-likeness (QED) is 0.287. The highest BCUT2D eigenvalue weighted by molar-refractivity contribution is 5.94. The molecule has 0 radical (unpaired) electrons. The number of carboxylic acid groups (broad SMARTS) is 1. The van der Waals surface area contributed by atoms with Gasteiger partial charge >= 0.3 is 5.97 Å². The van der Waals surface area contributed by atoms with Gasteiger partial charge in [-0.2, -0.15) is 0 Å². The van der Waals surface area contributed by atoms with Crippen molar-refractivity contribution < 1.29 is 29.4 Å². The van der Waals surface area contributed by atoms with Crippen LogP contribution in [0.1, 0.15) is 58.9 Å². The highest BCUT2D eigenvalue weighted by Gasteiger charge is 2.40. The number of carbonyl (C=O) groups excluding carboxylic acids is 3. The summed E-state index contributed by atoms with van der Waals surface area (Å²) in [5, 5.41) is 24.5. The third-order valence-corrected chi connectivity index (χ3v) is 6.67. The van der Waals surface area contributed by atoms with Gasteiger partial charge in [-0.1, -0.05) is 46.2 Å². The maximum absolute atomic E-state index is 13.5. The van der Waals surface area contributed by atoms with Crippen molar-refractivity contribution in [2.24, 2.45) is 17.6 Å². The number of rotatable bonds is 12. The first-order valence-corrected chi connectivity index (χ1v) is 12.6. The molecule has 1 fully saturated rings. The van der Waals surface area contributed by atoms with Gasteiger partial charge in [0.1, 0.15) is 23.9 Å². The number of nitrogens with one attached hydrogen (secondary N) is 2. The van der Waals surface area contributed by atoms with Gasteiger partial charge in [0, 0.05) is 13.0 Å². The van der Waals surface area contributed by atoms with Gasteiger partial charge in [-0.3, -0.25) is 14.4 Å². The van der Waals surface area contributed by atoms with Gasteiger partial charge in [0.25, 0.3) is 0 Å². The maximum atomic E-state index is 13.5. The molecular weight excluding hydrogens is 464 g/mol. The Balaban J connectivity index is 2.14. The Labute approximate surface area is 212 Å². The molecule has 10 nitrogen and oxygen atoms in total. The zero-order valence-corrected chi connectivity index (χ0v) is 21.6. The SMILES string of the molecule is CCC(C)C(NC(=O)C(N)CC(C)C)C(=O)N1CCCC1C(=O)NC(Cc1ccc(O)cc1)C(=O)O. The van der Waals surface area contributed by atoms with E-state index in [1.54, 1.807) is 12.1 Å². The van der Waals surface area contributed by atoms with E-state index < -0.39 is 42.0 Å². The average Bonchev–Trinajstić information content (AvgIpc) is 3.32. The molecule has 0 aliphatic carbocycles. The molecule has 5 unspecified atom stereocenters. The number of amides is 3. The van der Waals surface area contributed by atoms with Gasteiger partial charge in [0.05, 0.1) is 6.04 Å². The third-order valence-electron chi connectivity index (χ3n) is 6.67. The predicted molar refractivity (Wildman–Crippen MR) is 135 cm³/mol. The second kappa shape index (κ2) is 13.2. The van der Waals surface area contributed by atoms with Crippen molar-refractivity contribution in [2.75, 3.05) is 6.54 Å². The molecule has 5 atom stereocenters. The van der Waals surface area contributed by atoms with Crippen molar-refractivity contribution in [3.8, 4) is 5.75 Å². The van der Waals surface area contributed by atoms with Crippen LogP contribution in [0.4, 0.5) is 0 Å². The largest absolute Gasteiger partial charge is 0.508 e. The van der Waals surface area contributed by atoms with Gasteiger partial charge in [-0.25, -0.2) is 4.79 Å². The Morgan fingerprint density at radius 1 is 1.11 bits per heavy atom. The van der Waals surface area contributed by atoms with Crippen LogP contribution in [-0.4, -0.2) is 69.5 Å². The Hall–Kier alpha value is -3.14. The number of aromatic hydroxyl groups is 1. The standard InChI is InChI=1S/C26H40N4O6/c1-5-16(4)22(29-23(32)19(27)13-15(2)3)25(34)30-12-6-7-21(30)24(33)28-20(26(35)36)14-17-8-10-18(31)11-9-17/h8-11,15-16,19-22,31H,5-7,12-14,27H2,1-4H3,(H,28,33)(H,29,32)(H,35,36). The van der Waals surface area contributed by atoms with Crippen LogP contribution in [0.15, 0.2) is 24.3 Å². The summed E-state index contributed by atoms with van der Waals surface area (Å²) in [6.45, 7) is 8.04. The minimum absolute atomic E-state index is 0.0291. The van der Waals surface area contributed by atoms with Gasteiger partial charge in [0.2, 0.25) is 17.7 Å². The summed E-state index contributed by atoms with van der Waals surface area (Å²) < 4.78 is 0. The van der Waals surface area contributed by atoms with Crippen LogP contribution in [0.3, 0.4) is 0 Å². The zero-order valence-electron chi connectivity index (χ0n) is 21.6. The molecule has 1 aliphatic rings. The van der Waals surface area contributed by atoms with Gasteiger partial charge in [0.15, 0.2) is 0 Å². The fraction of sp³-hybridized carbons (Fsp3) is 0.615. The maximum Gasteiger partial charge on any atom is 0.326 e. The highest BCUT2D eigenvalue weighted by Crippen LogP contribution is 2.22. The van der Waals surface area contributed by atoms with Crippen molar-refractivity contribution >= 4 is 23.7 Å². The fourth-order valence-electron chi connectivity index (χ4n) is 4.38. The summed E-state index contributed by atoms with van der Waals surface area (Å²) in [4.78, 5) is 52.6. The number of carbonyl (C=O) groups is 4. The number of hydrogen-bond donors (Lipinski definition) is 5. The van der Waals surface area contributed by atoms with E-state index in [-0.39, 0.29) is 29.9 Å². The molecule has 36 heavy (non-hydrogen) atoms. The molecule has 0 aromatic heterocycles. The van der Waals surface area contributed by atoms with E-state index in [9.17, 15) is 29.4 Å². The minimum Gasteiger partial charge on any atom is -0.508 e. The first-order chi connectivity index (χ1) is 16.9. The lowest BCUT2D eigenvalue weighted by molar-refractivity contribution is -0.145. The van der Waals surface area contributed by atoms with E-state index in [1.807, 2.05) is 27.7 Å². The molecule has 1 aliphatic heterocycles. The first kappa shape index (κ1) is 29.1. The molecule has 1 saturated heterocycles. The Morgan fingerprint density at radius 3 is 2.31 bits per heavy atom. The summed E-state index contributed by atoms with van der Waals surface area (Å²) in [5.41, 5.74) is 6.66. The average molecular weight is 505 g/mol. The fourth-order valence-corrected chi connectivity index (χ4v) is 4.38. The van der Waals surface area contributed by atoms with Crippen molar-refractivity contribution in [3.05, 3.63) is 29.8 Å². The van der Waals surface area contributed by atoms with Crippen LogP contribution in [-0.2, 0) is 25.6 Å². The molecule has 200 valence electrons. The predicted octanol–water partition coefficient (Wildman–Crippen LogP) is 1.40. The highest BCUT2D eigenvalue weighted by atomic mass is 16.4. The lowest BCUT2D eigenvalue weighted by Gasteiger charge is -2.32. The minimum atomic E-state index is -1.20. The van der Waals surface area contributed by atoms with Crippen LogP contribution < -0.4 is 16.4 Å². The molecule has 10 heteroatoms. The molecule has 3 amide bonds. The van der Waals surface area contributed by atoms with E-state index >= 15 is 0 Å². The summed E-state index contributed by atoms with van der Waals surface area (Å²) in [7, 11) is 0. The number of phenols is 1. The van der Waals surface area contributed by atoms with Crippen LogP contribution >= 0.6 is 0 Å². The number of nitrogens with zero attached hydrogens (tertiary/aromatic N) is 1. The Bertz CT molecular complexity index is 920. The number of likely N-dealkylation sites (tertiary alicyclic amines) is 1. The van der Waals surface area contributed by atoms with Crippen LogP contribution in [0.25, 0.3) is 0 Å². The van der Waals surface area contributed by atoms with E-state index in [1.165, 1.54) is 17.0 Å². The van der Waals surface area contributed by atoms with Crippen molar-refractivity contribution in [3.63, 3.8) is 0 Å². The van der Waals surface area contributed by atoms with E-state index in [2.05, 4.69) is 10.6 Å². The second-order valence-corrected chi connectivity index (χ2v) is 10.1. The smallest absolute Gasteiger partial charge is 0.326 e. The van der Waals surface area contributed by atoms with Crippen LogP contribution in [0.2, 0.25) is 0 Å². The normalized spacial score (nSPS) is 18.8. The summed E-state index contributed by atoms with van der Waals surface area (Å²) in [6, 6.07) is 2.48.